The Labute approximate surface area is 188 Å². The first kappa shape index (κ1) is 21.3. The van der Waals surface area contributed by atoms with Gasteiger partial charge in [-0.2, -0.15) is 0 Å². The van der Waals surface area contributed by atoms with E-state index in [0.29, 0.717) is 18.1 Å². The number of pyridine rings is 2. The highest BCUT2D eigenvalue weighted by molar-refractivity contribution is 7.91. The molecule has 0 spiro atoms. The van der Waals surface area contributed by atoms with Crippen LogP contribution in [0.1, 0.15) is 25.1 Å². The van der Waals surface area contributed by atoms with E-state index in [1.807, 2.05) is 30.5 Å². The highest BCUT2D eigenvalue weighted by Gasteiger charge is 2.25. The molecule has 2 aliphatic heterocycles. The van der Waals surface area contributed by atoms with Gasteiger partial charge < -0.3 is 9.64 Å². The predicted octanol–water partition coefficient (Wildman–Crippen LogP) is 3.10. The van der Waals surface area contributed by atoms with E-state index in [-0.39, 0.29) is 12.1 Å². The number of fused-ring (bicyclic) bond motifs is 1. The topological polar surface area (TPSA) is 103 Å². The quantitative estimate of drug-likeness (QED) is 0.559. The van der Waals surface area contributed by atoms with Gasteiger partial charge in [-0.05, 0) is 48.7 Å². The Morgan fingerprint density at radius 1 is 1.28 bits per heavy atom. The Hall–Kier alpha value is -2.59. The molecule has 0 amide bonds. The maximum absolute atomic E-state index is 12.4. The number of rotatable bonds is 4. The molecule has 2 fully saturated rings. The molecular formula is C23H28N6O2S. The minimum absolute atomic E-state index is 0.0883. The van der Waals surface area contributed by atoms with Crippen molar-refractivity contribution >= 4 is 26.4 Å². The summed E-state index contributed by atoms with van der Waals surface area (Å²) in [4.78, 5) is 12.6. The Bertz CT molecular complexity index is 1260. The zero-order chi connectivity index (χ0) is 22.3. The molecule has 32 heavy (non-hydrogen) atoms. The van der Waals surface area contributed by atoms with Gasteiger partial charge in [-0.15, -0.1) is 0 Å². The van der Waals surface area contributed by atoms with Crippen LogP contribution in [0.4, 0.5) is 5.82 Å². The third-order valence-corrected chi connectivity index (χ3v) is 7.32. The molecule has 9 heteroatoms. The Morgan fingerprint density at radius 2 is 2.16 bits per heavy atom. The van der Waals surface area contributed by atoms with Gasteiger partial charge in [-0.25, -0.2) is 19.4 Å². The molecule has 2 unspecified atom stereocenters. The monoisotopic (exact) mass is 452 g/mol. The molecule has 4 heterocycles. The number of hydrogen-bond acceptors (Lipinski definition) is 8. The molecule has 3 aromatic rings. The van der Waals surface area contributed by atoms with Gasteiger partial charge >= 0.3 is 0 Å². The molecule has 0 bridgehead atoms. The van der Waals surface area contributed by atoms with E-state index in [4.69, 9.17) is 19.5 Å². The van der Waals surface area contributed by atoms with Crippen LogP contribution in [0, 0.1) is 4.78 Å². The summed E-state index contributed by atoms with van der Waals surface area (Å²) in [6.07, 6.45) is 4.23. The smallest absolute Gasteiger partial charge is 0.130 e. The third-order valence-electron chi connectivity index (χ3n) is 6.16. The van der Waals surface area contributed by atoms with E-state index in [0.717, 1.165) is 53.1 Å². The van der Waals surface area contributed by atoms with Crippen LogP contribution < -0.4 is 15.8 Å². The lowest BCUT2D eigenvalue weighted by atomic mass is 9.99. The second kappa shape index (κ2) is 8.40. The third kappa shape index (κ3) is 3.97. The lowest BCUT2D eigenvalue weighted by Crippen LogP contribution is -2.44. The van der Waals surface area contributed by atoms with Gasteiger partial charge in [0.25, 0.3) is 0 Å². The first-order valence-electron chi connectivity index (χ1n) is 10.9. The number of nitrogens with one attached hydrogen (secondary N) is 3. The summed E-state index contributed by atoms with van der Waals surface area (Å²) in [6.45, 7) is 5.12. The van der Waals surface area contributed by atoms with E-state index in [9.17, 15) is 4.21 Å². The second-order valence-electron chi connectivity index (χ2n) is 8.52. The summed E-state index contributed by atoms with van der Waals surface area (Å²) in [6, 6.07) is 11.9. The minimum atomic E-state index is -2.82. The van der Waals surface area contributed by atoms with Crippen molar-refractivity contribution in [1.29, 1.82) is 4.78 Å². The van der Waals surface area contributed by atoms with E-state index < -0.39 is 9.73 Å². The molecule has 3 N–H and O–H groups in total. The Morgan fingerprint density at radius 3 is 2.91 bits per heavy atom. The lowest BCUT2D eigenvalue weighted by molar-refractivity contribution is 0.0986. The van der Waals surface area contributed by atoms with Crippen LogP contribution in [0.3, 0.4) is 0 Å². The van der Waals surface area contributed by atoms with Crippen molar-refractivity contribution in [3.63, 3.8) is 0 Å². The molecule has 0 saturated carbocycles. The number of hydrazine groups is 1. The Kier molecular flexibility index (Phi) is 5.58. The molecule has 0 radical (unpaired) electrons. The highest BCUT2D eigenvalue weighted by Crippen LogP contribution is 2.36. The fraction of sp³-hybridized carbons (Fsp3) is 0.391. The first-order chi connectivity index (χ1) is 15.4. The SMILES string of the molecule is C[C@@H]1COCCN1c1cc(-c2cccc(S(C)(=N)=O)c2)c2ccnc(C3CCNN3)c2n1. The molecule has 5 rings (SSSR count). The van der Waals surface area contributed by atoms with Crippen LogP contribution in [-0.4, -0.2) is 52.8 Å². The van der Waals surface area contributed by atoms with Crippen LogP contribution in [0.25, 0.3) is 22.0 Å². The number of benzene rings is 1. The van der Waals surface area contributed by atoms with Gasteiger partial charge in [0.15, 0.2) is 0 Å². The number of morpholine rings is 1. The zero-order valence-electron chi connectivity index (χ0n) is 18.3. The molecule has 1 aromatic carbocycles. The van der Waals surface area contributed by atoms with E-state index in [2.05, 4.69) is 28.7 Å². The summed E-state index contributed by atoms with van der Waals surface area (Å²) >= 11 is 0. The van der Waals surface area contributed by atoms with Crippen molar-refractivity contribution in [1.82, 2.24) is 20.8 Å². The van der Waals surface area contributed by atoms with Gasteiger partial charge in [0.2, 0.25) is 0 Å². The largest absolute Gasteiger partial charge is 0.377 e. The van der Waals surface area contributed by atoms with Crippen molar-refractivity contribution in [2.75, 3.05) is 37.5 Å². The number of anilines is 1. The maximum Gasteiger partial charge on any atom is 0.130 e. The average Bonchev–Trinajstić information content (AvgIpc) is 3.32. The van der Waals surface area contributed by atoms with Crippen molar-refractivity contribution in [2.24, 2.45) is 0 Å². The van der Waals surface area contributed by atoms with Crippen LogP contribution >= 0.6 is 0 Å². The number of aromatic nitrogens is 2. The summed E-state index contributed by atoms with van der Waals surface area (Å²) in [7, 11) is -2.82. The van der Waals surface area contributed by atoms with Crippen LogP contribution in [-0.2, 0) is 14.5 Å². The molecular weight excluding hydrogens is 424 g/mol. The first-order valence-corrected chi connectivity index (χ1v) is 12.8. The summed E-state index contributed by atoms with van der Waals surface area (Å²) < 4.78 is 26.1. The highest BCUT2D eigenvalue weighted by atomic mass is 32.2. The number of ether oxygens (including phenoxy) is 1. The van der Waals surface area contributed by atoms with E-state index in [1.54, 1.807) is 6.07 Å². The zero-order valence-corrected chi connectivity index (χ0v) is 19.1. The van der Waals surface area contributed by atoms with Crippen LogP contribution in [0.15, 0.2) is 47.5 Å². The fourth-order valence-corrected chi connectivity index (χ4v) is 5.15. The standard InChI is InChI=1S/C23H28N6O2S/c1-15-14-31-11-10-29(15)21-13-19(16-4-3-5-17(12-16)32(2,24)30)18-6-8-25-23(22(18)27-21)20-7-9-26-28-20/h3-6,8,12-13,15,20,24,26,28H,7,9-11,14H2,1-2H3/t15-,20?,32?/m1/s1. The van der Waals surface area contributed by atoms with Crippen LogP contribution in [0.5, 0.6) is 0 Å². The minimum Gasteiger partial charge on any atom is -0.377 e. The molecule has 3 atom stereocenters. The molecule has 2 aromatic heterocycles. The molecule has 8 nitrogen and oxygen atoms in total. The molecule has 168 valence electrons. The van der Waals surface area contributed by atoms with Crippen molar-refractivity contribution in [3.8, 4) is 11.1 Å². The summed E-state index contributed by atoms with van der Waals surface area (Å²) in [5.41, 5.74) is 10.2. The van der Waals surface area contributed by atoms with E-state index >= 15 is 0 Å². The number of nitrogens with zero attached hydrogens (tertiary/aromatic N) is 3. The van der Waals surface area contributed by atoms with E-state index in [1.165, 1.54) is 6.26 Å². The van der Waals surface area contributed by atoms with Crippen molar-refractivity contribution < 1.29 is 8.95 Å². The molecule has 2 aliphatic rings. The van der Waals surface area contributed by atoms with Gasteiger partial charge in [0.05, 0.1) is 46.2 Å². The predicted molar refractivity (Wildman–Crippen MR) is 126 cm³/mol. The average molecular weight is 453 g/mol. The summed E-state index contributed by atoms with van der Waals surface area (Å²) in [5.74, 6) is 0.886. The fourth-order valence-electron chi connectivity index (χ4n) is 4.46. The second-order valence-corrected chi connectivity index (χ2v) is 10.7. The van der Waals surface area contributed by atoms with Gasteiger partial charge in [-0.3, -0.25) is 10.4 Å². The van der Waals surface area contributed by atoms with Gasteiger partial charge in [0.1, 0.15) is 5.82 Å². The Balaban J connectivity index is 1.75. The normalized spacial score (nSPS) is 23.4. The lowest BCUT2D eigenvalue weighted by Gasteiger charge is -2.34. The van der Waals surface area contributed by atoms with Gasteiger partial charge in [0, 0.05) is 35.8 Å². The van der Waals surface area contributed by atoms with Gasteiger partial charge in [-0.1, -0.05) is 12.1 Å². The van der Waals surface area contributed by atoms with Crippen molar-refractivity contribution in [2.45, 2.75) is 30.3 Å². The molecule has 2 saturated heterocycles. The number of hydrogen-bond donors (Lipinski definition) is 3. The van der Waals surface area contributed by atoms with Crippen molar-refractivity contribution in [3.05, 3.63) is 48.3 Å². The summed E-state index contributed by atoms with van der Waals surface area (Å²) in [5, 5.41) is 0.998. The molecule has 0 aliphatic carbocycles. The maximum atomic E-state index is 12.4. The van der Waals surface area contributed by atoms with Crippen LogP contribution in [0.2, 0.25) is 0 Å².